The standard InChI is InChI=1S/C20H20FNO2/c1-2-20(23)22-19-9-8-18(12-16(19)10-14-6-7-14)24-13-15-4-3-5-17(21)11-15/h2-5,8-9,11-12,14H,1,6-7,10,13H2,(H,22,23). The summed E-state index contributed by atoms with van der Waals surface area (Å²) in [4.78, 5) is 11.6. The highest BCUT2D eigenvalue weighted by Crippen LogP contribution is 2.36. The Morgan fingerprint density at radius 2 is 2.12 bits per heavy atom. The second-order valence-electron chi connectivity index (χ2n) is 6.08. The number of halogens is 1. The fourth-order valence-corrected chi connectivity index (χ4v) is 2.56. The summed E-state index contributed by atoms with van der Waals surface area (Å²) in [7, 11) is 0. The Morgan fingerprint density at radius 1 is 1.29 bits per heavy atom. The van der Waals surface area contributed by atoms with Gasteiger partial charge in [-0.1, -0.05) is 18.7 Å². The molecule has 0 unspecified atom stereocenters. The maximum absolute atomic E-state index is 13.2. The number of rotatable bonds is 7. The van der Waals surface area contributed by atoms with Gasteiger partial charge in [0.15, 0.2) is 0 Å². The number of ether oxygens (including phenoxy) is 1. The molecule has 1 fully saturated rings. The molecule has 3 nitrogen and oxygen atoms in total. The van der Waals surface area contributed by atoms with Crippen molar-refractivity contribution in [2.45, 2.75) is 25.9 Å². The van der Waals surface area contributed by atoms with E-state index in [2.05, 4.69) is 11.9 Å². The van der Waals surface area contributed by atoms with Crippen LogP contribution in [0.15, 0.2) is 55.1 Å². The van der Waals surface area contributed by atoms with Crippen LogP contribution in [0.5, 0.6) is 5.75 Å². The summed E-state index contributed by atoms with van der Waals surface area (Å²) in [6.45, 7) is 3.78. The van der Waals surface area contributed by atoms with Crippen LogP contribution < -0.4 is 10.1 Å². The molecule has 0 spiro atoms. The average molecular weight is 325 g/mol. The van der Waals surface area contributed by atoms with Gasteiger partial charge in [0.1, 0.15) is 18.2 Å². The van der Waals surface area contributed by atoms with Crippen molar-refractivity contribution in [3.05, 3.63) is 72.1 Å². The van der Waals surface area contributed by atoms with Crippen LogP contribution >= 0.6 is 0 Å². The molecular weight excluding hydrogens is 305 g/mol. The van der Waals surface area contributed by atoms with Gasteiger partial charge >= 0.3 is 0 Å². The minimum atomic E-state index is -0.270. The molecule has 3 rings (SSSR count). The molecule has 0 heterocycles. The van der Waals surface area contributed by atoms with Gasteiger partial charge in [0.2, 0.25) is 5.91 Å². The van der Waals surface area contributed by atoms with Crippen LogP contribution in [0.3, 0.4) is 0 Å². The van der Waals surface area contributed by atoms with Gasteiger partial charge in [0.05, 0.1) is 0 Å². The first-order valence-corrected chi connectivity index (χ1v) is 8.07. The Morgan fingerprint density at radius 3 is 2.83 bits per heavy atom. The maximum atomic E-state index is 13.2. The predicted octanol–water partition coefficient (Wildman–Crippen LogP) is 4.48. The van der Waals surface area contributed by atoms with Crippen LogP contribution in [0.2, 0.25) is 0 Å². The van der Waals surface area contributed by atoms with E-state index in [0.717, 1.165) is 23.2 Å². The third-order valence-electron chi connectivity index (χ3n) is 4.02. The van der Waals surface area contributed by atoms with Crippen LogP contribution in [0.25, 0.3) is 0 Å². The second kappa shape index (κ2) is 7.30. The maximum Gasteiger partial charge on any atom is 0.247 e. The lowest BCUT2D eigenvalue weighted by Crippen LogP contribution is -2.10. The summed E-state index contributed by atoms with van der Waals surface area (Å²) in [5.74, 6) is 0.905. The molecule has 4 heteroatoms. The molecule has 0 saturated heterocycles. The molecule has 1 saturated carbocycles. The Labute approximate surface area is 141 Å². The lowest BCUT2D eigenvalue weighted by Gasteiger charge is -2.13. The second-order valence-corrected chi connectivity index (χ2v) is 6.08. The fraction of sp³-hybridized carbons (Fsp3) is 0.250. The smallest absolute Gasteiger partial charge is 0.247 e. The minimum absolute atomic E-state index is 0.222. The Hall–Kier alpha value is -2.62. The fourth-order valence-electron chi connectivity index (χ4n) is 2.56. The zero-order valence-corrected chi connectivity index (χ0v) is 13.4. The molecule has 0 atom stereocenters. The van der Waals surface area contributed by atoms with Crippen LogP contribution in [0, 0.1) is 11.7 Å². The summed E-state index contributed by atoms with van der Waals surface area (Å²) in [5, 5.41) is 2.84. The largest absolute Gasteiger partial charge is 0.489 e. The van der Waals surface area contributed by atoms with Crippen LogP contribution in [0.4, 0.5) is 10.1 Å². The molecule has 2 aromatic rings. The molecule has 2 aromatic carbocycles. The number of anilines is 1. The lowest BCUT2D eigenvalue weighted by atomic mass is 10.1. The van der Waals surface area contributed by atoms with E-state index in [-0.39, 0.29) is 11.7 Å². The van der Waals surface area contributed by atoms with Crippen molar-refractivity contribution in [2.75, 3.05) is 5.32 Å². The van der Waals surface area contributed by atoms with Crippen molar-refractivity contribution in [1.29, 1.82) is 0 Å². The van der Waals surface area contributed by atoms with Crippen molar-refractivity contribution in [1.82, 2.24) is 0 Å². The van der Waals surface area contributed by atoms with Crippen molar-refractivity contribution < 1.29 is 13.9 Å². The van der Waals surface area contributed by atoms with Crippen LogP contribution in [-0.4, -0.2) is 5.91 Å². The van der Waals surface area contributed by atoms with Crippen molar-refractivity contribution in [2.24, 2.45) is 5.92 Å². The molecule has 0 radical (unpaired) electrons. The van der Waals surface area contributed by atoms with E-state index in [9.17, 15) is 9.18 Å². The SMILES string of the molecule is C=CC(=O)Nc1ccc(OCc2cccc(F)c2)cc1CC1CC1. The van der Waals surface area contributed by atoms with Gasteiger partial charge in [0.25, 0.3) is 0 Å². The zero-order valence-electron chi connectivity index (χ0n) is 13.4. The highest BCUT2D eigenvalue weighted by atomic mass is 19.1. The van der Waals surface area contributed by atoms with Crippen LogP contribution in [0.1, 0.15) is 24.0 Å². The predicted molar refractivity (Wildman–Crippen MR) is 92.4 cm³/mol. The van der Waals surface area contributed by atoms with E-state index in [4.69, 9.17) is 4.74 Å². The molecule has 1 aliphatic carbocycles. The van der Waals surface area contributed by atoms with E-state index in [1.807, 2.05) is 24.3 Å². The summed E-state index contributed by atoms with van der Waals surface area (Å²) >= 11 is 0. The lowest BCUT2D eigenvalue weighted by molar-refractivity contribution is -0.111. The van der Waals surface area contributed by atoms with Gasteiger partial charge in [0, 0.05) is 5.69 Å². The molecule has 1 N–H and O–H groups in total. The van der Waals surface area contributed by atoms with E-state index < -0.39 is 0 Å². The Bertz CT molecular complexity index is 753. The molecule has 0 aromatic heterocycles. The molecule has 1 amide bonds. The number of hydrogen-bond acceptors (Lipinski definition) is 2. The van der Waals surface area contributed by atoms with E-state index in [1.165, 1.54) is 31.1 Å². The molecular formula is C20H20FNO2. The quantitative estimate of drug-likeness (QED) is 0.762. The molecule has 124 valence electrons. The van der Waals surface area contributed by atoms with E-state index in [1.54, 1.807) is 6.07 Å². The van der Waals surface area contributed by atoms with Gasteiger partial charge in [-0.05, 0) is 72.7 Å². The first-order valence-electron chi connectivity index (χ1n) is 8.07. The Balaban J connectivity index is 1.73. The number of carbonyl (C=O) groups is 1. The molecule has 1 aliphatic rings. The van der Waals surface area contributed by atoms with E-state index in [0.29, 0.717) is 18.3 Å². The molecule has 0 bridgehead atoms. The van der Waals surface area contributed by atoms with Gasteiger partial charge in [-0.25, -0.2) is 4.39 Å². The minimum Gasteiger partial charge on any atom is -0.489 e. The van der Waals surface area contributed by atoms with Gasteiger partial charge in [-0.2, -0.15) is 0 Å². The highest BCUT2D eigenvalue weighted by Gasteiger charge is 2.23. The molecule has 24 heavy (non-hydrogen) atoms. The monoisotopic (exact) mass is 325 g/mol. The topological polar surface area (TPSA) is 38.3 Å². The third kappa shape index (κ3) is 4.44. The Kier molecular flexibility index (Phi) is 4.94. The van der Waals surface area contributed by atoms with Crippen molar-refractivity contribution in [3.63, 3.8) is 0 Å². The number of nitrogens with one attached hydrogen (secondary N) is 1. The highest BCUT2D eigenvalue weighted by molar-refractivity contribution is 5.99. The first-order chi connectivity index (χ1) is 11.6. The number of benzene rings is 2. The number of carbonyl (C=O) groups excluding carboxylic acids is 1. The van der Waals surface area contributed by atoms with Crippen LogP contribution in [-0.2, 0) is 17.8 Å². The number of hydrogen-bond donors (Lipinski definition) is 1. The van der Waals surface area contributed by atoms with Gasteiger partial charge < -0.3 is 10.1 Å². The van der Waals surface area contributed by atoms with Crippen molar-refractivity contribution >= 4 is 11.6 Å². The molecule has 0 aliphatic heterocycles. The summed E-state index contributed by atoms with van der Waals surface area (Å²) < 4.78 is 19.0. The third-order valence-corrected chi connectivity index (χ3v) is 4.02. The number of amides is 1. The van der Waals surface area contributed by atoms with Gasteiger partial charge in [-0.15, -0.1) is 0 Å². The summed E-state index contributed by atoms with van der Waals surface area (Å²) in [6, 6.07) is 12.0. The summed E-state index contributed by atoms with van der Waals surface area (Å²) in [6.07, 6.45) is 4.63. The summed E-state index contributed by atoms with van der Waals surface area (Å²) in [5.41, 5.74) is 2.64. The van der Waals surface area contributed by atoms with E-state index >= 15 is 0 Å². The zero-order chi connectivity index (χ0) is 16.9. The first kappa shape index (κ1) is 16.2. The van der Waals surface area contributed by atoms with Gasteiger partial charge in [-0.3, -0.25) is 4.79 Å². The van der Waals surface area contributed by atoms with Crippen molar-refractivity contribution in [3.8, 4) is 5.75 Å². The average Bonchev–Trinajstić information content (AvgIpc) is 3.39. The normalized spacial score (nSPS) is 13.4.